The van der Waals surface area contributed by atoms with E-state index in [0.717, 1.165) is 10.9 Å². The topological polar surface area (TPSA) is 44.1 Å². The van der Waals surface area contributed by atoms with E-state index in [4.69, 9.17) is 0 Å². The van der Waals surface area contributed by atoms with Crippen molar-refractivity contribution >= 4 is 32.1 Å². The molecule has 2 aromatic carbocycles. The van der Waals surface area contributed by atoms with Gasteiger partial charge in [-0.25, -0.2) is 0 Å². The Labute approximate surface area is 144 Å². The van der Waals surface area contributed by atoms with Crippen molar-refractivity contribution in [2.45, 2.75) is 0 Å². The Bertz CT molecular complexity index is 730. The first-order valence-electron chi connectivity index (χ1n) is 6.12. The van der Waals surface area contributed by atoms with Gasteiger partial charge in [0.15, 0.2) is 0 Å². The predicted molar refractivity (Wildman–Crippen MR) is 87.8 cm³/mol. The molecule has 0 aliphatic rings. The summed E-state index contributed by atoms with van der Waals surface area (Å²) in [6, 6.07) is 18.5. The van der Waals surface area contributed by atoms with Gasteiger partial charge < -0.3 is 17.5 Å². The van der Waals surface area contributed by atoms with Gasteiger partial charge in [0.25, 0.3) is 0 Å². The van der Waals surface area contributed by atoms with Crippen LogP contribution in [0.5, 0.6) is 0 Å². The standard InChI is InChI=1S/C16H12N2O.CH3.ClH.Ir/c19-16(13-6-2-1-3-7-13)18-14-10-4-8-12-9-5-11-17-15(12)14;;;/h1-11H,(H,18,19);1H3;1H;/q;-1;;+3/p-2. The van der Waals surface area contributed by atoms with Crippen molar-refractivity contribution in [1.29, 1.82) is 0 Å². The minimum atomic E-state index is -0.251. The third-order valence-electron chi connectivity index (χ3n) is 2.85. The second-order valence-electron chi connectivity index (χ2n) is 4.14. The Hall–Kier alpha value is -1.74. The fourth-order valence-electron chi connectivity index (χ4n) is 1.93. The molecule has 5 heteroatoms. The van der Waals surface area contributed by atoms with Crippen LogP contribution in [-0.4, -0.2) is 10.9 Å². The van der Waals surface area contributed by atoms with Crippen molar-refractivity contribution in [3.63, 3.8) is 0 Å². The van der Waals surface area contributed by atoms with E-state index in [1.165, 1.54) is 17.9 Å². The quantitative estimate of drug-likeness (QED) is 0.463. The van der Waals surface area contributed by atoms with Crippen LogP contribution in [0.15, 0.2) is 66.9 Å². The molecule has 0 fully saturated rings. The van der Waals surface area contributed by atoms with Gasteiger partial charge in [0.05, 0.1) is 11.4 Å². The molecule has 0 bridgehead atoms. The number of pyridine rings is 1. The molecule has 1 heterocycles. The van der Waals surface area contributed by atoms with Crippen LogP contribution in [0.25, 0.3) is 16.2 Å². The molecule has 0 spiro atoms. The van der Waals surface area contributed by atoms with Gasteiger partial charge in [-0.05, 0) is 17.0 Å². The first-order valence-corrected chi connectivity index (χ1v) is 9.09. The molecule has 0 atom stereocenters. The van der Waals surface area contributed by atoms with Gasteiger partial charge >= 0.3 is 27.5 Å². The summed E-state index contributed by atoms with van der Waals surface area (Å²) in [6.45, 7) is 0. The van der Waals surface area contributed by atoms with E-state index in [2.05, 4.69) is 19.9 Å². The summed E-state index contributed by atoms with van der Waals surface area (Å²) in [7, 11) is 4.64. The molecule has 1 amide bonds. The number of carbonyl (C=O) groups excluding carboxylic acids is 1. The van der Waals surface area contributed by atoms with E-state index in [1.807, 2.05) is 42.5 Å². The zero-order valence-corrected chi connectivity index (χ0v) is 15.0. The van der Waals surface area contributed by atoms with Gasteiger partial charge in [-0.1, -0.05) is 54.6 Å². The van der Waals surface area contributed by atoms with E-state index >= 15 is 0 Å². The normalized spacial score (nSPS) is 9.18. The Balaban J connectivity index is 0.000000775. The summed E-state index contributed by atoms with van der Waals surface area (Å²) in [5.41, 5.74) is 1.93. The van der Waals surface area contributed by atoms with E-state index in [0.29, 0.717) is 11.3 Å². The summed E-state index contributed by atoms with van der Waals surface area (Å²) in [5.74, 6) is -0.251. The number of hydrogen-bond donors (Lipinski definition) is 0. The second kappa shape index (κ2) is 9.31. The first kappa shape index (κ1) is 18.3. The molecule has 3 rings (SSSR count). The van der Waals surface area contributed by atoms with Gasteiger partial charge in [-0.15, -0.1) is 5.69 Å². The van der Waals surface area contributed by atoms with Gasteiger partial charge in [-0.2, -0.15) is 0 Å². The molecule has 22 heavy (non-hydrogen) atoms. The van der Waals surface area contributed by atoms with Gasteiger partial charge in [0.2, 0.25) is 0 Å². The average Bonchev–Trinajstić information content (AvgIpc) is 2.58. The first-order chi connectivity index (χ1) is 10.3. The van der Waals surface area contributed by atoms with Crippen LogP contribution < -0.4 is 0 Å². The molecule has 0 aliphatic carbocycles. The summed E-state index contributed by atoms with van der Waals surface area (Å²) in [5, 5.41) is 5.13. The van der Waals surface area contributed by atoms with E-state index in [9.17, 15) is 4.79 Å². The fraction of sp³-hybridized carbons (Fsp3) is 0. The van der Waals surface area contributed by atoms with Gasteiger partial charge in [0.1, 0.15) is 0 Å². The predicted octanol–water partition coefficient (Wildman–Crippen LogP) is 5.22. The molecule has 3 nitrogen and oxygen atoms in total. The molecule has 0 radical (unpaired) electrons. The maximum absolute atomic E-state index is 12.1. The monoisotopic (exact) mass is 490 g/mol. The molecule has 0 unspecified atom stereocenters. The molecule has 0 N–H and O–H groups in total. The molecule has 114 valence electrons. The van der Waals surface area contributed by atoms with Crippen LogP contribution in [0.2, 0.25) is 0 Å². The summed E-state index contributed by atoms with van der Waals surface area (Å²) < 4.78 is 0. The van der Waals surface area contributed by atoms with Crippen molar-refractivity contribution in [3.8, 4) is 0 Å². The van der Waals surface area contributed by atoms with E-state index in [-0.39, 0.29) is 13.3 Å². The van der Waals surface area contributed by atoms with Crippen LogP contribution in [-0.2, 0) is 17.9 Å². The van der Waals surface area contributed by atoms with Gasteiger partial charge in [0, 0.05) is 6.20 Å². The Morgan fingerprint density at radius 3 is 2.36 bits per heavy atom. The van der Waals surface area contributed by atoms with Crippen LogP contribution in [0.4, 0.5) is 5.69 Å². The summed E-state index contributed by atoms with van der Waals surface area (Å²) >= 11 is 1.47. The van der Waals surface area contributed by atoms with Crippen LogP contribution >= 0.6 is 9.58 Å². The maximum atomic E-state index is 12.1. The number of fused-ring (bicyclic) bond motifs is 1. The zero-order valence-electron chi connectivity index (χ0n) is 11.9. The Morgan fingerprint density at radius 2 is 1.64 bits per heavy atom. The van der Waals surface area contributed by atoms with Crippen LogP contribution in [0.3, 0.4) is 0 Å². The van der Waals surface area contributed by atoms with Crippen LogP contribution in [0, 0.1) is 7.43 Å². The van der Waals surface area contributed by atoms with Crippen molar-refractivity contribution in [2.75, 3.05) is 0 Å². The average molecular weight is 490 g/mol. The fourth-order valence-corrected chi connectivity index (χ4v) is 1.93. The van der Waals surface area contributed by atoms with Crippen molar-refractivity contribution < 1.29 is 22.7 Å². The molecule has 3 aromatic rings. The Kier molecular flexibility index (Phi) is 7.75. The van der Waals surface area contributed by atoms with E-state index < -0.39 is 0 Å². The molecule has 0 saturated carbocycles. The molecule has 0 saturated heterocycles. The van der Waals surface area contributed by atoms with Crippen molar-refractivity contribution in [3.05, 3.63) is 85.2 Å². The van der Waals surface area contributed by atoms with Crippen LogP contribution in [0.1, 0.15) is 10.4 Å². The number of carbonyl (C=O) groups is 1. The third kappa shape index (κ3) is 4.38. The van der Waals surface area contributed by atoms with E-state index in [1.54, 1.807) is 24.4 Å². The van der Waals surface area contributed by atoms with Gasteiger partial charge in [-0.3, -0.25) is 4.98 Å². The van der Waals surface area contributed by atoms with Crippen molar-refractivity contribution in [2.24, 2.45) is 0 Å². The number of benzene rings is 2. The number of aromatic nitrogens is 1. The zero-order chi connectivity index (χ0) is 15.1. The number of nitrogens with zero attached hydrogens (tertiary/aromatic N) is 2. The number of halogens is 1. The third-order valence-corrected chi connectivity index (χ3v) is 2.85. The second-order valence-corrected chi connectivity index (χ2v) is 4.14. The molecule has 1 aromatic heterocycles. The minimum absolute atomic E-state index is 0. The van der Waals surface area contributed by atoms with Crippen molar-refractivity contribution in [1.82, 2.24) is 4.98 Å². The molecular weight excluding hydrogens is 476 g/mol. The number of para-hydroxylation sites is 1. The Morgan fingerprint density at radius 1 is 0.955 bits per heavy atom. The summed E-state index contributed by atoms with van der Waals surface area (Å²) in [4.78, 5) is 16.3. The number of hydrogen-bond acceptors (Lipinski definition) is 2. The number of rotatable bonds is 2. The summed E-state index contributed by atoms with van der Waals surface area (Å²) in [6.07, 6.45) is 1.70. The number of amides is 1. The SMILES string of the molecule is O=C([N-]c1cccc2cccnc12)c1ccccc1.[CH3-].[Cl][Ir+2]. The molecule has 0 aliphatic heterocycles. The molecular formula is C17H14ClIrN2O.